The zero-order valence-electron chi connectivity index (χ0n) is 11.1. The number of carbonyl (C=O) groups is 1. The molecule has 0 radical (unpaired) electrons. The Morgan fingerprint density at radius 3 is 2.95 bits per heavy atom. The Morgan fingerprint density at radius 1 is 1.60 bits per heavy atom. The molecule has 2 heterocycles. The number of piperidine rings is 1. The number of urea groups is 1. The molecule has 1 atom stereocenters. The maximum atomic E-state index is 12.5. The summed E-state index contributed by atoms with van der Waals surface area (Å²) in [7, 11) is 0. The van der Waals surface area contributed by atoms with Gasteiger partial charge in [0.1, 0.15) is 0 Å². The average molecular weight is 290 g/mol. The summed E-state index contributed by atoms with van der Waals surface area (Å²) in [4.78, 5) is 13.4. The number of nitrogens with one attached hydrogen (secondary N) is 2. The summed E-state index contributed by atoms with van der Waals surface area (Å²) in [5.74, 6) is -0.130. The zero-order valence-corrected chi connectivity index (χ0v) is 11.1. The minimum atomic E-state index is -4.44. The van der Waals surface area contributed by atoms with Crippen LogP contribution in [-0.2, 0) is 6.18 Å². The molecule has 5 nitrogen and oxygen atoms in total. The molecule has 2 N–H and O–H groups in total. The van der Waals surface area contributed by atoms with Gasteiger partial charge in [-0.3, -0.25) is 5.10 Å². The fourth-order valence-corrected chi connectivity index (χ4v) is 2.37. The molecule has 8 heteroatoms. The van der Waals surface area contributed by atoms with Gasteiger partial charge in [0.15, 0.2) is 5.69 Å². The number of hydrogen-bond donors (Lipinski definition) is 2. The molecule has 2 rings (SSSR count). The maximum absolute atomic E-state index is 12.5. The summed E-state index contributed by atoms with van der Waals surface area (Å²) in [5, 5.41) is 8.44. The van der Waals surface area contributed by atoms with Crippen molar-refractivity contribution in [2.45, 2.75) is 31.9 Å². The molecule has 0 bridgehead atoms. The lowest BCUT2D eigenvalue weighted by Gasteiger charge is -2.32. The maximum Gasteiger partial charge on any atom is 0.435 e. The highest BCUT2D eigenvalue weighted by molar-refractivity contribution is 5.74. The molecule has 112 valence electrons. The fourth-order valence-electron chi connectivity index (χ4n) is 2.37. The van der Waals surface area contributed by atoms with Crippen molar-refractivity contribution in [3.63, 3.8) is 0 Å². The van der Waals surface area contributed by atoms with Crippen molar-refractivity contribution in [1.29, 1.82) is 0 Å². The van der Waals surface area contributed by atoms with E-state index in [2.05, 4.69) is 15.5 Å². The molecule has 0 aliphatic carbocycles. The lowest BCUT2D eigenvalue weighted by molar-refractivity contribution is -0.141. The summed E-state index contributed by atoms with van der Waals surface area (Å²) >= 11 is 0. The number of likely N-dealkylation sites (tertiary alicyclic amines) is 1. The Hall–Kier alpha value is -1.73. The predicted molar refractivity (Wildman–Crippen MR) is 66.2 cm³/mol. The van der Waals surface area contributed by atoms with Gasteiger partial charge >= 0.3 is 12.2 Å². The van der Waals surface area contributed by atoms with Gasteiger partial charge in [0.2, 0.25) is 0 Å². The third-order valence-corrected chi connectivity index (χ3v) is 3.36. The first-order valence-electron chi connectivity index (χ1n) is 6.57. The number of alkyl halides is 3. The van der Waals surface area contributed by atoms with E-state index in [9.17, 15) is 18.0 Å². The standard InChI is InChI=1S/C12H17F3N4O/c1-2-16-11(20)19-5-3-4-8(7-19)9-6-10(18-17-9)12(13,14)15/h6,8H,2-5,7H2,1H3,(H,16,20)(H,17,18)/t8-/m1/s1. The van der Waals surface area contributed by atoms with E-state index >= 15 is 0 Å². The molecule has 1 aliphatic heterocycles. The largest absolute Gasteiger partial charge is 0.435 e. The number of amides is 2. The molecule has 0 aromatic carbocycles. The van der Waals surface area contributed by atoms with E-state index < -0.39 is 11.9 Å². The van der Waals surface area contributed by atoms with E-state index in [1.54, 1.807) is 4.90 Å². The van der Waals surface area contributed by atoms with E-state index in [0.29, 0.717) is 25.3 Å². The van der Waals surface area contributed by atoms with Crippen LogP contribution in [0.4, 0.5) is 18.0 Å². The second kappa shape index (κ2) is 5.72. The first kappa shape index (κ1) is 14.7. The summed E-state index contributed by atoms with van der Waals surface area (Å²) in [6.07, 6.45) is -2.93. The van der Waals surface area contributed by atoms with E-state index in [4.69, 9.17) is 0 Å². The molecule has 0 spiro atoms. The van der Waals surface area contributed by atoms with Crippen LogP contribution in [0.25, 0.3) is 0 Å². The van der Waals surface area contributed by atoms with Gasteiger partial charge in [-0.2, -0.15) is 18.3 Å². The van der Waals surface area contributed by atoms with E-state index in [-0.39, 0.29) is 11.9 Å². The smallest absolute Gasteiger partial charge is 0.338 e. The van der Waals surface area contributed by atoms with Crippen molar-refractivity contribution >= 4 is 6.03 Å². The van der Waals surface area contributed by atoms with Crippen LogP contribution in [0.3, 0.4) is 0 Å². The number of H-pyrrole nitrogens is 1. The molecule has 1 aromatic heterocycles. The highest BCUT2D eigenvalue weighted by atomic mass is 19.4. The summed E-state index contributed by atoms with van der Waals surface area (Å²) in [5.41, 5.74) is -0.478. The number of aromatic amines is 1. The van der Waals surface area contributed by atoms with Crippen molar-refractivity contribution < 1.29 is 18.0 Å². The molecular weight excluding hydrogens is 273 g/mol. The van der Waals surface area contributed by atoms with Gasteiger partial charge in [-0.15, -0.1) is 0 Å². The number of halogens is 3. The molecule has 1 saturated heterocycles. The van der Waals surface area contributed by atoms with Gasteiger partial charge in [-0.05, 0) is 25.8 Å². The van der Waals surface area contributed by atoms with Crippen LogP contribution in [0, 0.1) is 0 Å². The van der Waals surface area contributed by atoms with Gasteiger partial charge in [-0.25, -0.2) is 4.79 Å². The van der Waals surface area contributed by atoms with Crippen LogP contribution in [0.5, 0.6) is 0 Å². The van der Waals surface area contributed by atoms with Crippen LogP contribution in [0.1, 0.15) is 37.1 Å². The van der Waals surface area contributed by atoms with Gasteiger partial charge < -0.3 is 10.2 Å². The highest BCUT2D eigenvalue weighted by Gasteiger charge is 2.35. The number of nitrogens with zero attached hydrogens (tertiary/aromatic N) is 2. The van der Waals surface area contributed by atoms with Crippen LogP contribution < -0.4 is 5.32 Å². The monoisotopic (exact) mass is 290 g/mol. The van der Waals surface area contributed by atoms with Gasteiger partial charge in [0, 0.05) is 31.2 Å². The Labute approximate surface area is 114 Å². The van der Waals surface area contributed by atoms with Crippen molar-refractivity contribution in [2.75, 3.05) is 19.6 Å². The second-order valence-corrected chi connectivity index (χ2v) is 4.83. The lowest BCUT2D eigenvalue weighted by Crippen LogP contribution is -2.44. The van der Waals surface area contributed by atoms with Crippen LogP contribution in [-0.4, -0.2) is 40.8 Å². The number of rotatable bonds is 2. The summed E-state index contributed by atoms with van der Waals surface area (Å²) in [6, 6.07) is 0.860. The number of hydrogen-bond acceptors (Lipinski definition) is 2. The summed E-state index contributed by atoms with van der Waals surface area (Å²) < 4.78 is 37.5. The van der Waals surface area contributed by atoms with E-state index in [0.717, 1.165) is 18.9 Å². The quantitative estimate of drug-likeness (QED) is 0.878. The minimum absolute atomic E-state index is 0.130. The average Bonchev–Trinajstić information content (AvgIpc) is 2.89. The normalized spacial score (nSPS) is 20.0. The van der Waals surface area contributed by atoms with Gasteiger partial charge in [0.25, 0.3) is 0 Å². The van der Waals surface area contributed by atoms with Gasteiger partial charge in [-0.1, -0.05) is 0 Å². The lowest BCUT2D eigenvalue weighted by atomic mass is 9.95. The van der Waals surface area contributed by atoms with E-state index in [1.807, 2.05) is 6.92 Å². The Kier molecular flexibility index (Phi) is 4.20. The molecule has 1 fully saturated rings. The predicted octanol–water partition coefficient (Wildman–Crippen LogP) is 2.34. The highest BCUT2D eigenvalue weighted by Crippen LogP contribution is 2.31. The number of aromatic nitrogens is 2. The van der Waals surface area contributed by atoms with E-state index in [1.165, 1.54) is 0 Å². The second-order valence-electron chi connectivity index (χ2n) is 4.83. The first-order chi connectivity index (χ1) is 9.41. The third kappa shape index (κ3) is 3.23. The SMILES string of the molecule is CCNC(=O)N1CCC[C@@H](c2cc(C(F)(F)F)n[nH]2)C1. The molecular formula is C12H17F3N4O. The van der Waals surface area contributed by atoms with Gasteiger partial charge in [0.05, 0.1) is 0 Å². The van der Waals surface area contributed by atoms with Crippen molar-refractivity contribution in [2.24, 2.45) is 0 Å². The molecule has 0 saturated carbocycles. The molecule has 1 aromatic rings. The van der Waals surface area contributed by atoms with Crippen LogP contribution >= 0.6 is 0 Å². The zero-order chi connectivity index (χ0) is 14.8. The van der Waals surface area contributed by atoms with Crippen LogP contribution in [0.15, 0.2) is 6.07 Å². The Balaban J connectivity index is 2.05. The molecule has 2 amide bonds. The fraction of sp³-hybridized carbons (Fsp3) is 0.667. The third-order valence-electron chi connectivity index (χ3n) is 3.36. The first-order valence-corrected chi connectivity index (χ1v) is 6.57. The number of carbonyl (C=O) groups excluding carboxylic acids is 1. The van der Waals surface area contributed by atoms with Crippen LogP contribution in [0.2, 0.25) is 0 Å². The Bertz CT molecular complexity index is 472. The van der Waals surface area contributed by atoms with Crippen molar-refractivity contribution in [3.05, 3.63) is 17.5 Å². The topological polar surface area (TPSA) is 61.0 Å². The molecule has 20 heavy (non-hydrogen) atoms. The Morgan fingerprint density at radius 2 is 2.35 bits per heavy atom. The molecule has 1 aliphatic rings. The summed E-state index contributed by atoms with van der Waals surface area (Å²) in [6.45, 7) is 3.39. The minimum Gasteiger partial charge on any atom is -0.338 e. The van der Waals surface area contributed by atoms with Crippen molar-refractivity contribution in [1.82, 2.24) is 20.4 Å². The molecule has 0 unspecified atom stereocenters. The van der Waals surface area contributed by atoms with Crippen molar-refractivity contribution in [3.8, 4) is 0 Å².